The zero-order valence-electron chi connectivity index (χ0n) is 13.2. The molecular weight excluding hydrogens is 352 g/mol. The summed E-state index contributed by atoms with van der Waals surface area (Å²) in [5.74, 6) is -0.0426. The molecule has 132 valence electrons. The van der Waals surface area contributed by atoms with Crippen molar-refractivity contribution in [3.05, 3.63) is 59.5 Å². The normalized spacial score (nSPS) is 12.4. The lowest BCUT2D eigenvalue weighted by molar-refractivity contribution is 0.498. The van der Waals surface area contributed by atoms with E-state index in [1.807, 2.05) is 19.1 Å². The topological polar surface area (TPSA) is 105 Å². The van der Waals surface area contributed by atoms with Crippen LogP contribution >= 0.6 is 0 Å². The summed E-state index contributed by atoms with van der Waals surface area (Å²) in [5.41, 5.74) is 1.56. The predicted octanol–water partition coefficient (Wildman–Crippen LogP) is 1.13. The summed E-state index contributed by atoms with van der Waals surface area (Å²) >= 11 is 0. The van der Waals surface area contributed by atoms with E-state index in [0.717, 1.165) is 5.56 Å². The van der Waals surface area contributed by atoms with Crippen LogP contribution in [0.4, 0.5) is 0 Å². The molecule has 7 nitrogen and oxygen atoms in total. The van der Waals surface area contributed by atoms with Gasteiger partial charge in [0.15, 0.2) is 0 Å². The number of furan rings is 1. The molecule has 2 aromatic rings. The molecule has 1 aromatic carbocycles. The molecular formula is C15H20N2O5S2. The first kappa shape index (κ1) is 18.7. The van der Waals surface area contributed by atoms with Crippen LogP contribution in [-0.2, 0) is 32.3 Å². The van der Waals surface area contributed by atoms with Gasteiger partial charge in [-0.1, -0.05) is 24.3 Å². The van der Waals surface area contributed by atoms with E-state index in [0.29, 0.717) is 11.3 Å². The summed E-state index contributed by atoms with van der Waals surface area (Å²) in [6.45, 7) is 1.67. The molecule has 0 spiro atoms. The molecule has 0 atom stereocenters. The van der Waals surface area contributed by atoms with E-state index < -0.39 is 20.0 Å². The number of rotatable bonds is 9. The lowest BCUT2D eigenvalue weighted by atomic mass is 10.1. The van der Waals surface area contributed by atoms with Gasteiger partial charge in [0.05, 0.1) is 24.3 Å². The molecule has 0 aliphatic heterocycles. The minimum absolute atomic E-state index is 0.0330. The van der Waals surface area contributed by atoms with Crippen molar-refractivity contribution in [3.8, 4) is 0 Å². The van der Waals surface area contributed by atoms with Crippen LogP contribution in [0, 0.1) is 6.92 Å². The summed E-state index contributed by atoms with van der Waals surface area (Å²) in [6.07, 6.45) is 1.45. The molecule has 2 rings (SSSR count). The van der Waals surface area contributed by atoms with Crippen LogP contribution in [-0.4, -0.2) is 29.1 Å². The summed E-state index contributed by atoms with van der Waals surface area (Å²) in [5, 5.41) is 0. The van der Waals surface area contributed by atoms with Crippen molar-refractivity contribution in [2.75, 3.05) is 12.3 Å². The average Bonchev–Trinajstić information content (AvgIpc) is 3.00. The SMILES string of the molecule is Cc1ccccc1CS(=O)(=O)NCCS(=O)(=O)NCc1ccco1. The van der Waals surface area contributed by atoms with E-state index >= 15 is 0 Å². The Bertz CT molecular complexity index is 859. The molecule has 0 aliphatic carbocycles. The lowest BCUT2D eigenvalue weighted by Crippen LogP contribution is -2.34. The van der Waals surface area contributed by atoms with Gasteiger partial charge in [-0.05, 0) is 30.2 Å². The van der Waals surface area contributed by atoms with Gasteiger partial charge in [0.2, 0.25) is 20.0 Å². The van der Waals surface area contributed by atoms with Crippen LogP contribution in [0.2, 0.25) is 0 Å². The van der Waals surface area contributed by atoms with Crippen molar-refractivity contribution in [1.82, 2.24) is 9.44 Å². The van der Waals surface area contributed by atoms with Crippen LogP contribution in [0.15, 0.2) is 47.1 Å². The molecule has 0 radical (unpaired) electrons. The largest absolute Gasteiger partial charge is 0.468 e. The first-order valence-electron chi connectivity index (χ1n) is 7.29. The van der Waals surface area contributed by atoms with E-state index in [4.69, 9.17) is 4.42 Å². The third kappa shape index (κ3) is 6.08. The number of nitrogens with one attached hydrogen (secondary N) is 2. The minimum atomic E-state index is -3.60. The summed E-state index contributed by atoms with van der Waals surface area (Å²) in [7, 11) is -7.20. The maximum Gasteiger partial charge on any atom is 0.215 e. The van der Waals surface area contributed by atoms with Crippen molar-refractivity contribution in [1.29, 1.82) is 0 Å². The summed E-state index contributed by atoms with van der Waals surface area (Å²) < 4.78 is 57.4. The van der Waals surface area contributed by atoms with Gasteiger partial charge in [-0.3, -0.25) is 0 Å². The Morgan fingerprint density at radius 1 is 0.958 bits per heavy atom. The van der Waals surface area contributed by atoms with Gasteiger partial charge in [-0.2, -0.15) is 0 Å². The molecule has 2 N–H and O–H groups in total. The third-order valence-electron chi connectivity index (χ3n) is 3.35. The van der Waals surface area contributed by atoms with Crippen LogP contribution in [0.5, 0.6) is 0 Å². The third-order valence-corrected chi connectivity index (χ3v) is 6.01. The van der Waals surface area contributed by atoms with E-state index in [9.17, 15) is 16.8 Å². The van der Waals surface area contributed by atoms with Crippen LogP contribution in [0.25, 0.3) is 0 Å². The fraction of sp³-hybridized carbons (Fsp3) is 0.333. The molecule has 0 bridgehead atoms. The predicted molar refractivity (Wildman–Crippen MR) is 91.1 cm³/mol. The number of sulfonamides is 2. The Balaban J connectivity index is 1.82. The van der Waals surface area contributed by atoms with E-state index in [2.05, 4.69) is 9.44 Å². The zero-order valence-corrected chi connectivity index (χ0v) is 14.9. The fourth-order valence-corrected chi connectivity index (χ4v) is 4.28. The van der Waals surface area contributed by atoms with Gasteiger partial charge in [-0.15, -0.1) is 0 Å². The maximum absolute atomic E-state index is 12.0. The number of hydrogen-bond donors (Lipinski definition) is 2. The highest BCUT2D eigenvalue weighted by molar-refractivity contribution is 7.90. The fourth-order valence-electron chi connectivity index (χ4n) is 2.03. The Kier molecular flexibility index (Phi) is 6.16. The molecule has 1 heterocycles. The Morgan fingerprint density at radius 2 is 1.71 bits per heavy atom. The highest BCUT2D eigenvalue weighted by Crippen LogP contribution is 2.10. The number of aryl methyl sites for hydroxylation is 1. The second-order valence-corrected chi connectivity index (χ2v) is 9.03. The van der Waals surface area contributed by atoms with E-state index in [1.54, 1.807) is 24.3 Å². The summed E-state index contributed by atoms with van der Waals surface area (Å²) in [4.78, 5) is 0. The minimum Gasteiger partial charge on any atom is -0.468 e. The molecule has 0 aliphatic rings. The smallest absolute Gasteiger partial charge is 0.215 e. The maximum atomic E-state index is 12.0. The van der Waals surface area contributed by atoms with Gasteiger partial charge < -0.3 is 4.42 Å². The average molecular weight is 372 g/mol. The summed E-state index contributed by atoms with van der Waals surface area (Å²) in [6, 6.07) is 10.5. The molecule has 0 fully saturated rings. The van der Waals surface area contributed by atoms with E-state index in [-0.39, 0.29) is 24.6 Å². The molecule has 0 saturated carbocycles. The van der Waals surface area contributed by atoms with E-state index in [1.165, 1.54) is 6.26 Å². The van der Waals surface area contributed by atoms with Gasteiger partial charge in [0.25, 0.3) is 0 Å². The van der Waals surface area contributed by atoms with Crippen LogP contribution < -0.4 is 9.44 Å². The van der Waals surface area contributed by atoms with Crippen molar-refractivity contribution >= 4 is 20.0 Å². The van der Waals surface area contributed by atoms with Crippen molar-refractivity contribution in [2.45, 2.75) is 19.2 Å². The highest BCUT2D eigenvalue weighted by Gasteiger charge is 2.16. The van der Waals surface area contributed by atoms with Crippen LogP contribution in [0.3, 0.4) is 0 Å². The molecule has 0 unspecified atom stereocenters. The quantitative estimate of drug-likeness (QED) is 0.686. The molecule has 0 amide bonds. The van der Waals surface area contributed by atoms with Gasteiger partial charge in [-0.25, -0.2) is 26.3 Å². The van der Waals surface area contributed by atoms with Gasteiger partial charge >= 0.3 is 0 Å². The van der Waals surface area contributed by atoms with Crippen LogP contribution in [0.1, 0.15) is 16.9 Å². The first-order valence-corrected chi connectivity index (χ1v) is 10.6. The first-order chi connectivity index (χ1) is 11.3. The molecule has 0 saturated heterocycles. The van der Waals surface area contributed by atoms with Gasteiger partial charge in [0.1, 0.15) is 5.76 Å². The molecule has 24 heavy (non-hydrogen) atoms. The molecule has 1 aromatic heterocycles. The van der Waals surface area contributed by atoms with Crippen molar-refractivity contribution in [2.24, 2.45) is 0 Å². The zero-order chi connectivity index (χ0) is 17.6. The second-order valence-electron chi connectivity index (χ2n) is 5.30. The Hall–Kier alpha value is -1.68. The monoisotopic (exact) mass is 372 g/mol. The van der Waals surface area contributed by atoms with Crippen molar-refractivity contribution in [3.63, 3.8) is 0 Å². The Morgan fingerprint density at radius 3 is 2.38 bits per heavy atom. The molecule has 9 heteroatoms. The Labute approximate surface area is 142 Å². The highest BCUT2D eigenvalue weighted by atomic mass is 32.2. The standard InChI is InChI=1S/C15H20N2O5S2/c1-13-5-2-3-6-14(13)12-24(20,21)16-8-10-23(18,19)17-11-15-7-4-9-22-15/h2-7,9,16-17H,8,10-12H2,1H3. The van der Waals surface area contributed by atoms with Gasteiger partial charge in [0, 0.05) is 6.54 Å². The lowest BCUT2D eigenvalue weighted by Gasteiger charge is -2.09. The number of hydrogen-bond acceptors (Lipinski definition) is 5. The second kappa shape index (κ2) is 7.93. The number of benzene rings is 1. The van der Waals surface area contributed by atoms with Crippen molar-refractivity contribution < 1.29 is 21.3 Å².